The van der Waals surface area contributed by atoms with Gasteiger partial charge in [-0.3, -0.25) is 4.79 Å². The van der Waals surface area contributed by atoms with E-state index in [1.807, 2.05) is 31.2 Å². The van der Waals surface area contributed by atoms with Gasteiger partial charge in [0.15, 0.2) is 0 Å². The van der Waals surface area contributed by atoms with Crippen LogP contribution in [-0.2, 0) is 16.0 Å². The van der Waals surface area contributed by atoms with Crippen LogP contribution in [0.4, 0.5) is 4.79 Å². The maximum atomic E-state index is 11.3. The van der Waals surface area contributed by atoms with Gasteiger partial charge in [-0.05, 0) is 18.9 Å². The molecule has 0 saturated carbocycles. The van der Waals surface area contributed by atoms with Gasteiger partial charge in [0.05, 0.1) is 5.92 Å². The van der Waals surface area contributed by atoms with E-state index < -0.39 is 18.0 Å². The summed E-state index contributed by atoms with van der Waals surface area (Å²) in [5, 5.41) is 11.6. The number of carbonyl (C=O) groups is 2. The Morgan fingerprint density at radius 3 is 2.60 bits per heavy atom. The second-order valence-corrected chi connectivity index (χ2v) is 4.49. The van der Waals surface area contributed by atoms with Crippen molar-refractivity contribution in [3.63, 3.8) is 0 Å². The fourth-order valence-corrected chi connectivity index (χ4v) is 1.65. The fraction of sp³-hybridized carbons (Fsp3) is 0.333. The van der Waals surface area contributed by atoms with Crippen molar-refractivity contribution >= 4 is 12.1 Å². The van der Waals surface area contributed by atoms with Crippen LogP contribution in [-0.4, -0.2) is 30.3 Å². The number of benzene rings is 1. The summed E-state index contributed by atoms with van der Waals surface area (Å²) in [7, 11) is 0. The molecule has 0 aliphatic carbocycles. The molecule has 5 nitrogen and oxygen atoms in total. The smallest absolute Gasteiger partial charge is 0.407 e. The Labute approximate surface area is 118 Å². The van der Waals surface area contributed by atoms with Crippen LogP contribution in [0.1, 0.15) is 11.1 Å². The third-order valence-electron chi connectivity index (χ3n) is 2.78. The lowest BCUT2D eigenvalue weighted by atomic mass is 9.99. The standard InChI is InChI=1S/C15H19NO4/c1-3-8-20-15(19)16-10-13(14(17)18)9-12-6-4-11(2)5-7-12/h3-7,13H,1,8-10H2,2H3,(H,16,19)(H,17,18). The molecule has 1 atom stereocenters. The third-order valence-corrected chi connectivity index (χ3v) is 2.78. The van der Waals surface area contributed by atoms with E-state index >= 15 is 0 Å². The molecule has 5 heteroatoms. The first-order valence-corrected chi connectivity index (χ1v) is 6.32. The Balaban J connectivity index is 2.52. The van der Waals surface area contributed by atoms with Gasteiger partial charge >= 0.3 is 12.1 Å². The highest BCUT2D eigenvalue weighted by Crippen LogP contribution is 2.10. The molecule has 1 aromatic carbocycles. The average Bonchev–Trinajstić information content (AvgIpc) is 2.42. The average molecular weight is 277 g/mol. The summed E-state index contributed by atoms with van der Waals surface area (Å²) < 4.78 is 4.73. The molecule has 20 heavy (non-hydrogen) atoms. The van der Waals surface area contributed by atoms with Gasteiger partial charge in [-0.1, -0.05) is 42.5 Å². The first-order valence-electron chi connectivity index (χ1n) is 6.32. The predicted octanol–water partition coefficient (Wildman–Crippen LogP) is 2.15. The van der Waals surface area contributed by atoms with Crippen LogP contribution in [0.15, 0.2) is 36.9 Å². The van der Waals surface area contributed by atoms with Crippen LogP contribution >= 0.6 is 0 Å². The van der Waals surface area contributed by atoms with E-state index in [0.717, 1.165) is 11.1 Å². The molecule has 0 aliphatic rings. The van der Waals surface area contributed by atoms with Crippen molar-refractivity contribution in [2.24, 2.45) is 5.92 Å². The van der Waals surface area contributed by atoms with Crippen LogP contribution in [0.2, 0.25) is 0 Å². The Kier molecular flexibility index (Phi) is 6.29. The number of hydrogen-bond acceptors (Lipinski definition) is 3. The SMILES string of the molecule is C=CCOC(=O)NCC(Cc1ccc(C)cc1)C(=O)O. The second kappa shape index (κ2) is 7.99. The molecular formula is C15H19NO4. The van der Waals surface area contributed by atoms with Crippen molar-refractivity contribution in [1.29, 1.82) is 0 Å². The summed E-state index contributed by atoms with van der Waals surface area (Å²) in [6.45, 7) is 5.51. The highest BCUT2D eigenvalue weighted by Gasteiger charge is 2.19. The topological polar surface area (TPSA) is 75.6 Å². The van der Waals surface area contributed by atoms with E-state index in [4.69, 9.17) is 9.84 Å². The maximum absolute atomic E-state index is 11.3. The number of rotatable bonds is 7. The minimum atomic E-state index is -0.949. The van der Waals surface area contributed by atoms with Crippen molar-refractivity contribution in [3.05, 3.63) is 48.0 Å². The Morgan fingerprint density at radius 2 is 2.05 bits per heavy atom. The number of carboxylic acid groups (broad SMARTS) is 1. The molecule has 0 bridgehead atoms. The molecule has 2 N–H and O–H groups in total. The van der Waals surface area contributed by atoms with E-state index in [2.05, 4.69) is 11.9 Å². The molecule has 108 valence electrons. The Morgan fingerprint density at radius 1 is 1.40 bits per heavy atom. The third kappa shape index (κ3) is 5.56. The van der Waals surface area contributed by atoms with Crippen LogP contribution < -0.4 is 5.32 Å². The van der Waals surface area contributed by atoms with E-state index in [9.17, 15) is 9.59 Å². The molecule has 0 aromatic heterocycles. The lowest BCUT2D eigenvalue weighted by molar-refractivity contribution is -0.141. The van der Waals surface area contributed by atoms with Crippen LogP contribution in [0.3, 0.4) is 0 Å². The molecule has 1 rings (SSSR count). The lowest BCUT2D eigenvalue weighted by Crippen LogP contribution is -2.34. The zero-order valence-electron chi connectivity index (χ0n) is 11.5. The van der Waals surface area contributed by atoms with Gasteiger partial charge in [-0.2, -0.15) is 0 Å². The lowest BCUT2D eigenvalue weighted by Gasteiger charge is -2.13. The molecule has 0 radical (unpaired) electrons. The monoisotopic (exact) mass is 277 g/mol. The Hall–Kier alpha value is -2.30. The van der Waals surface area contributed by atoms with Crippen molar-refractivity contribution in [2.75, 3.05) is 13.2 Å². The highest BCUT2D eigenvalue weighted by molar-refractivity contribution is 5.72. The zero-order valence-corrected chi connectivity index (χ0v) is 11.5. The summed E-state index contributed by atoms with van der Waals surface area (Å²) in [5.74, 6) is -1.64. The van der Waals surface area contributed by atoms with Gasteiger partial charge in [0.2, 0.25) is 0 Å². The minimum Gasteiger partial charge on any atom is -0.481 e. The summed E-state index contributed by atoms with van der Waals surface area (Å²) >= 11 is 0. The Bertz CT molecular complexity index is 467. The van der Waals surface area contributed by atoms with Gasteiger partial charge in [0, 0.05) is 6.54 Å². The summed E-state index contributed by atoms with van der Waals surface area (Å²) in [6.07, 6.45) is 1.16. The van der Waals surface area contributed by atoms with Gasteiger partial charge in [-0.15, -0.1) is 0 Å². The summed E-state index contributed by atoms with van der Waals surface area (Å²) in [5.41, 5.74) is 2.04. The molecule has 1 aromatic rings. The normalized spacial score (nSPS) is 11.4. The number of carboxylic acids is 1. The number of ether oxygens (including phenoxy) is 1. The van der Waals surface area contributed by atoms with Crippen molar-refractivity contribution in [1.82, 2.24) is 5.32 Å². The molecule has 0 fully saturated rings. The molecule has 1 unspecified atom stereocenters. The number of carbonyl (C=O) groups excluding carboxylic acids is 1. The largest absolute Gasteiger partial charge is 0.481 e. The molecule has 0 spiro atoms. The van der Waals surface area contributed by atoms with Gasteiger partial charge in [0.1, 0.15) is 6.61 Å². The summed E-state index contributed by atoms with van der Waals surface area (Å²) in [6, 6.07) is 7.64. The quantitative estimate of drug-likeness (QED) is 0.749. The highest BCUT2D eigenvalue weighted by atomic mass is 16.5. The minimum absolute atomic E-state index is 0.0270. The molecule has 1 amide bonds. The molecule has 0 saturated heterocycles. The van der Waals surface area contributed by atoms with Crippen molar-refractivity contribution < 1.29 is 19.4 Å². The number of nitrogens with one attached hydrogen (secondary N) is 1. The molecule has 0 aliphatic heterocycles. The zero-order chi connectivity index (χ0) is 15.0. The second-order valence-electron chi connectivity index (χ2n) is 4.49. The molecule has 0 heterocycles. The fourth-order valence-electron chi connectivity index (χ4n) is 1.65. The number of amides is 1. The maximum Gasteiger partial charge on any atom is 0.407 e. The van der Waals surface area contributed by atoms with Crippen molar-refractivity contribution in [3.8, 4) is 0 Å². The first kappa shape index (κ1) is 15.8. The first-order chi connectivity index (χ1) is 9.52. The van der Waals surface area contributed by atoms with E-state index in [-0.39, 0.29) is 13.2 Å². The number of aliphatic carboxylic acids is 1. The van der Waals surface area contributed by atoms with Gasteiger partial charge in [-0.25, -0.2) is 4.79 Å². The van der Waals surface area contributed by atoms with E-state index in [1.165, 1.54) is 6.08 Å². The van der Waals surface area contributed by atoms with E-state index in [1.54, 1.807) is 0 Å². The number of hydrogen-bond donors (Lipinski definition) is 2. The van der Waals surface area contributed by atoms with Crippen molar-refractivity contribution in [2.45, 2.75) is 13.3 Å². The van der Waals surface area contributed by atoms with Crippen LogP contribution in [0.25, 0.3) is 0 Å². The number of aryl methyl sites for hydroxylation is 1. The van der Waals surface area contributed by atoms with Crippen LogP contribution in [0.5, 0.6) is 0 Å². The van der Waals surface area contributed by atoms with Gasteiger partial charge < -0.3 is 15.2 Å². The molecular weight excluding hydrogens is 258 g/mol. The van der Waals surface area contributed by atoms with Crippen LogP contribution in [0, 0.1) is 12.8 Å². The summed E-state index contributed by atoms with van der Waals surface area (Å²) in [4.78, 5) is 22.4. The predicted molar refractivity (Wildman–Crippen MR) is 75.6 cm³/mol. The van der Waals surface area contributed by atoms with Gasteiger partial charge in [0.25, 0.3) is 0 Å². The van der Waals surface area contributed by atoms with E-state index in [0.29, 0.717) is 6.42 Å². The number of alkyl carbamates (subject to hydrolysis) is 1.